The molecule has 0 atom stereocenters. The van der Waals surface area contributed by atoms with Crippen LogP contribution >= 0.6 is 0 Å². The second-order valence-electron chi connectivity index (χ2n) is 6.15. The normalized spacial score (nSPS) is 12.2. The topological polar surface area (TPSA) is 101 Å². The molecule has 4 rings (SSSR count). The molecule has 0 radical (unpaired) electrons. The summed E-state index contributed by atoms with van der Waals surface area (Å²) < 4.78 is 32.5. The lowest BCUT2D eigenvalue weighted by Crippen LogP contribution is -2.12. The van der Waals surface area contributed by atoms with E-state index < -0.39 is 11.6 Å². The Morgan fingerprint density at radius 2 is 2.03 bits per heavy atom. The molecule has 0 unspecified atom stereocenters. The number of anilines is 2. The monoisotopic (exact) mass is 396 g/mol. The number of halogens is 2. The molecule has 0 aliphatic carbocycles. The summed E-state index contributed by atoms with van der Waals surface area (Å²) in [5.74, 6) is -0.0682. The van der Waals surface area contributed by atoms with E-state index in [1.807, 2.05) is 0 Å². The first kappa shape index (κ1) is 18.4. The Bertz CT molecular complexity index is 1140. The Morgan fingerprint density at radius 3 is 2.83 bits per heavy atom. The molecule has 1 aliphatic rings. The summed E-state index contributed by atoms with van der Waals surface area (Å²) in [6.45, 7) is 1.38. The Kier molecular flexibility index (Phi) is 4.82. The maximum Gasteiger partial charge on any atom is 0.323 e. The zero-order valence-corrected chi connectivity index (χ0v) is 15.1. The van der Waals surface area contributed by atoms with Crippen molar-refractivity contribution in [3.63, 3.8) is 0 Å². The SMILES string of the molecule is CC(=O)Nc1cc(Oc2ncc3c(n2)N=C(Nc2ccc(F)cc2F)C3)ccn1. The van der Waals surface area contributed by atoms with Crippen LogP contribution in [0, 0.1) is 11.6 Å². The van der Waals surface area contributed by atoms with E-state index in [0.29, 0.717) is 29.6 Å². The maximum absolute atomic E-state index is 13.8. The molecule has 1 amide bonds. The van der Waals surface area contributed by atoms with Crippen LogP contribution in [0.2, 0.25) is 0 Å². The molecule has 8 nitrogen and oxygen atoms in total. The van der Waals surface area contributed by atoms with Gasteiger partial charge in [0.2, 0.25) is 5.91 Å². The number of fused-ring (bicyclic) bond motifs is 1. The van der Waals surface area contributed by atoms with Crippen molar-refractivity contribution in [2.75, 3.05) is 10.6 Å². The molecule has 10 heteroatoms. The summed E-state index contributed by atoms with van der Waals surface area (Å²) in [5, 5.41) is 5.38. The van der Waals surface area contributed by atoms with Crippen LogP contribution in [-0.2, 0) is 11.2 Å². The van der Waals surface area contributed by atoms with Gasteiger partial charge in [0, 0.05) is 43.4 Å². The van der Waals surface area contributed by atoms with E-state index in [2.05, 4.69) is 30.6 Å². The van der Waals surface area contributed by atoms with E-state index >= 15 is 0 Å². The first-order chi connectivity index (χ1) is 14.0. The van der Waals surface area contributed by atoms with Gasteiger partial charge in [-0.25, -0.2) is 23.7 Å². The largest absolute Gasteiger partial charge is 0.424 e. The fourth-order valence-electron chi connectivity index (χ4n) is 2.65. The van der Waals surface area contributed by atoms with Crippen LogP contribution in [0.3, 0.4) is 0 Å². The third-order valence-corrected chi connectivity index (χ3v) is 3.87. The van der Waals surface area contributed by atoms with Crippen molar-refractivity contribution >= 4 is 29.1 Å². The van der Waals surface area contributed by atoms with Gasteiger partial charge in [0.15, 0.2) is 5.82 Å². The molecule has 0 saturated heterocycles. The Hall–Kier alpha value is -3.95. The number of carbonyl (C=O) groups excluding carboxylic acids is 1. The van der Waals surface area contributed by atoms with E-state index in [4.69, 9.17) is 4.74 Å². The van der Waals surface area contributed by atoms with Gasteiger partial charge >= 0.3 is 6.01 Å². The van der Waals surface area contributed by atoms with Crippen molar-refractivity contribution in [1.82, 2.24) is 15.0 Å². The number of ether oxygens (including phenoxy) is 1. The Balaban J connectivity index is 1.50. The minimum atomic E-state index is -0.716. The maximum atomic E-state index is 13.8. The molecule has 29 heavy (non-hydrogen) atoms. The predicted octanol–water partition coefficient (Wildman–Crippen LogP) is 3.60. The Labute approximate surface area is 163 Å². The van der Waals surface area contributed by atoms with Gasteiger partial charge < -0.3 is 15.4 Å². The van der Waals surface area contributed by atoms with E-state index in [0.717, 1.165) is 17.7 Å². The molecule has 0 saturated carbocycles. The first-order valence-electron chi connectivity index (χ1n) is 8.53. The van der Waals surface area contributed by atoms with Crippen molar-refractivity contribution in [2.24, 2.45) is 4.99 Å². The van der Waals surface area contributed by atoms with Gasteiger partial charge in [0.1, 0.15) is 29.0 Å². The molecule has 0 bridgehead atoms. The van der Waals surface area contributed by atoms with E-state index in [9.17, 15) is 13.6 Å². The lowest BCUT2D eigenvalue weighted by molar-refractivity contribution is -0.114. The summed E-state index contributed by atoms with van der Waals surface area (Å²) in [6, 6.07) is 6.43. The van der Waals surface area contributed by atoms with Crippen molar-refractivity contribution in [2.45, 2.75) is 13.3 Å². The number of pyridine rings is 1. The van der Waals surface area contributed by atoms with Crippen LogP contribution in [-0.4, -0.2) is 26.7 Å². The smallest absolute Gasteiger partial charge is 0.323 e. The van der Waals surface area contributed by atoms with Gasteiger partial charge in [-0.1, -0.05) is 0 Å². The molecule has 2 aromatic heterocycles. The van der Waals surface area contributed by atoms with Crippen molar-refractivity contribution < 1.29 is 18.3 Å². The molecule has 1 aromatic carbocycles. The number of amidine groups is 1. The highest BCUT2D eigenvalue weighted by Crippen LogP contribution is 2.28. The summed E-state index contributed by atoms with van der Waals surface area (Å²) in [7, 11) is 0. The highest BCUT2D eigenvalue weighted by Gasteiger charge is 2.19. The van der Waals surface area contributed by atoms with Crippen LogP contribution in [0.1, 0.15) is 12.5 Å². The minimum absolute atomic E-state index is 0.0571. The van der Waals surface area contributed by atoms with Gasteiger partial charge in [-0.15, -0.1) is 0 Å². The van der Waals surface area contributed by atoms with Gasteiger partial charge in [0.25, 0.3) is 0 Å². The number of amides is 1. The number of aromatic nitrogens is 3. The zero-order chi connectivity index (χ0) is 20.4. The molecular weight excluding hydrogens is 382 g/mol. The third kappa shape index (κ3) is 4.32. The lowest BCUT2D eigenvalue weighted by atomic mass is 10.2. The van der Waals surface area contributed by atoms with Crippen LogP contribution in [0.25, 0.3) is 0 Å². The summed E-state index contributed by atoms with van der Waals surface area (Å²) >= 11 is 0. The lowest BCUT2D eigenvalue weighted by Gasteiger charge is -2.06. The summed E-state index contributed by atoms with van der Waals surface area (Å²) in [4.78, 5) is 27.8. The predicted molar refractivity (Wildman–Crippen MR) is 101 cm³/mol. The fourth-order valence-corrected chi connectivity index (χ4v) is 2.65. The number of hydrogen-bond acceptors (Lipinski definition) is 7. The molecule has 1 aliphatic heterocycles. The van der Waals surface area contributed by atoms with Crippen LogP contribution < -0.4 is 15.4 Å². The highest BCUT2D eigenvalue weighted by atomic mass is 19.1. The second-order valence-corrected chi connectivity index (χ2v) is 6.15. The number of rotatable bonds is 4. The van der Waals surface area contributed by atoms with Crippen LogP contribution in [0.4, 0.5) is 26.1 Å². The van der Waals surface area contributed by atoms with Crippen LogP contribution in [0.15, 0.2) is 47.7 Å². The zero-order valence-electron chi connectivity index (χ0n) is 15.1. The number of nitrogens with one attached hydrogen (secondary N) is 2. The van der Waals surface area contributed by atoms with Gasteiger partial charge in [-0.2, -0.15) is 4.98 Å². The number of nitrogens with zero attached hydrogens (tertiary/aromatic N) is 4. The molecule has 0 spiro atoms. The van der Waals surface area contributed by atoms with Gasteiger partial charge in [-0.05, 0) is 18.2 Å². The minimum Gasteiger partial charge on any atom is -0.424 e. The van der Waals surface area contributed by atoms with E-state index in [1.54, 1.807) is 12.3 Å². The molecule has 0 fully saturated rings. The standard InChI is InChI=1S/C19H14F2N6O2/c1-10(28)24-16-8-13(4-5-22-16)29-19-23-9-11-6-17(26-18(11)27-19)25-15-3-2-12(20)7-14(15)21/h2-5,7-9H,6H2,1H3,(H,22,24,28)(H,23,25,26,27). The number of benzene rings is 1. The van der Waals surface area contributed by atoms with Crippen molar-refractivity contribution in [1.29, 1.82) is 0 Å². The second kappa shape index (κ2) is 7.58. The highest BCUT2D eigenvalue weighted by molar-refractivity contribution is 6.01. The van der Waals surface area contributed by atoms with Gasteiger partial charge in [-0.3, -0.25) is 4.79 Å². The van der Waals surface area contributed by atoms with E-state index in [-0.39, 0.29) is 17.6 Å². The van der Waals surface area contributed by atoms with Crippen molar-refractivity contribution in [3.8, 4) is 11.8 Å². The fraction of sp³-hybridized carbons (Fsp3) is 0.105. The molecule has 146 valence electrons. The molecule has 3 heterocycles. The quantitative estimate of drug-likeness (QED) is 0.699. The molecule has 2 N–H and O–H groups in total. The van der Waals surface area contributed by atoms with E-state index in [1.165, 1.54) is 25.3 Å². The molecular formula is C19H14F2N6O2. The first-order valence-corrected chi connectivity index (χ1v) is 8.53. The average molecular weight is 396 g/mol. The molecule has 3 aromatic rings. The number of aliphatic imine (C=N–C) groups is 1. The van der Waals surface area contributed by atoms with Crippen LogP contribution in [0.5, 0.6) is 11.8 Å². The van der Waals surface area contributed by atoms with Crippen molar-refractivity contribution in [3.05, 3.63) is 59.9 Å². The summed E-state index contributed by atoms with van der Waals surface area (Å²) in [5.41, 5.74) is 0.848. The number of hydrogen-bond donors (Lipinski definition) is 2. The average Bonchev–Trinajstić information content (AvgIpc) is 3.05. The number of carbonyl (C=O) groups is 1. The third-order valence-electron chi connectivity index (χ3n) is 3.87. The van der Waals surface area contributed by atoms with Gasteiger partial charge in [0.05, 0.1) is 5.69 Å². The Morgan fingerprint density at radius 1 is 1.17 bits per heavy atom. The summed E-state index contributed by atoms with van der Waals surface area (Å²) in [6.07, 6.45) is 3.41.